The van der Waals surface area contributed by atoms with Gasteiger partial charge < -0.3 is 14.8 Å². The third-order valence-corrected chi connectivity index (χ3v) is 4.68. The first kappa shape index (κ1) is 19.3. The van der Waals surface area contributed by atoms with Crippen molar-refractivity contribution in [1.82, 2.24) is 5.32 Å². The molecule has 0 heterocycles. The molecule has 1 aromatic carbocycles. The molecular formula is C20H29NO4. The van der Waals surface area contributed by atoms with Gasteiger partial charge in [-0.3, -0.25) is 4.79 Å². The van der Waals surface area contributed by atoms with E-state index in [0.717, 1.165) is 24.8 Å². The van der Waals surface area contributed by atoms with Crippen molar-refractivity contribution in [3.8, 4) is 0 Å². The Hall–Kier alpha value is -2.04. The zero-order valence-electron chi connectivity index (χ0n) is 15.6. The molecule has 1 atom stereocenters. The van der Waals surface area contributed by atoms with Crippen LogP contribution in [0.3, 0.4) is 0 Å². The van der Waals surface area contributed by atoms with Crippen LogP contribution in [0.15, 0.2) is 30.3 Å². The van der Waals surface area contributed by atoms with E-state index in [4.69, 9.17) is 9.47 Å². The van der Waals surface area contributed by atoms with Crippen LogP contribution in [0.25, 0.3) is 0 Å². The lowest BCUT2D eigenvalue weighted by atomic mass is 9.67. The number of ether oxygens (including phenoxy) is 2. The van der Waals surface area contributed by atoms with E-state index in [0.29, 0.717) is 12.8 Å². The molecule has 138 valence electrons. The van der Waals surface area contributed by atoms with Crippen LogP contribution in [0.2, 0.25) is 0 Å². The summed E-state index contributed by atoms with van der Waals surface area (Å²) >= 11 is 0. The molecule has 0 spiro atoms. The fourth-order valence-electron chi connectivity index (χ4n) is 3.61. The summed E-state index contributed by atoms with van der Waals surface area (Å²) < 4.78 is 10.6. The van der Waals surface area contributed by atoms with E-state index in [1.807, 2.05) is 51.1 Å². The number of nitrogens with one attached hydrogen (secondary N) is 1. The molecule has 0 aliphatic heterocycles. The van der Waals surface area contributed by atoms with Crippen molar-refractivity contribution in [3.63, 3.8) is 0 Å². The van der Waals surface area contributed by atoms with E-state index in [-0.39, 0.29) is 5.97 Å². The minimum Gasteiger partial charge on any atom is -0.469 e. The summed E-state index contributed by atoms with van der Waals surface area (Å²) in [5.74, 6) is -0.267. The maximum Gasteiger partial charge on any atom is 0.408 e. The molecule has 2 rings (SSSR count). The lowest BCUT2D eigenvalue weighted by Gasteiger charge is -2.41. The Morgan fingerprint density at radius 2 is 1.68 bits per heavy atom. The second-order valence-electron chi connectivity index (χ2n) is 7.70. The minimum atomic E-state index is -0.759. The van der Waals surface area contributed by atoms with Gasteiger partial charge in [-0.05, 0) is 39.2 Å². The van der Waals surface area contributed by atoms with Gasteiger partial charge in [-0.25, -0.2) is 4.79 Å². The number of carbonyl (C=O) groups is 2. The van der Waals surface area contributed by atoms with Gasteiger partial charge in [-0.2, -0.15) is 0 Å². The van der Waals surface area contributed by atoms with Crippen LogP contribution in [-0.2, 0) is 14.3 Å². The average molecular weight is 347 g/mol. The van der Waals surface area contributed by atoms with E-state index in [9.17, 15) is 9.59 Å². The number of rotatable bonds is 4. The highest BCUT2D eigenvalue weighted by Gasteiger charge is 2.49. The molecule has 1 amide bonds. The van der Waals surface area contributed by atoms with Crippen LogP contribution in [0.5, 0.6) is 0 Å². The Bertz CT molecular complexity index is 585. The van der Waals surface area contributed by atoms with Crippen molar-refractivity contribution in [3.05, 3.63) is 35.9 Å². The smallest absolute Gasteiger partial charge is 0.408 e. The molecule has 0 bridgehead atoms. The summed E-state index contributed by atoms with van der Waals surface area (Å²) in [6, 6.07) is 9.12. The number of carbonyl (C=O) groups excluding carboxylic acids is 2. The highest BCUT2D eigenvalue weighted by molar-refractivity contribution is 5.80. The van der Waals surface area contributed by atoms with Gasteiger partial charge in [0, 0.05) is 0 Å². The number of alkyl carbamates (subject to hydrolysis) is 1. The van der Waals surface area contributed by atoms with Crippen LogP contribution in [0, 0.1) is 5.41 Å². The first-order valence-corrected chi connectivity index (χ1v) is 8.91. The first-order chi connectivity index (χ1) is 11.8. The zero-order chi connectivity index (χ0) is 18.5. The number of hydrogen-bond donors (Lipinski definition) is 1. The number of benzene rings is 1. The Morgan fingerprint density at radius 1 is 1.08 bits per heavy atom. The molecule has 25 heavy (non-hydrogen) atoms. The Balaban J connectivity index is 2.39. The summed E-state index contributed by atoms with van der Waals surface area (Å²) in [6.45, 7) is 5.46. The van der Waals surface area contributed by atoms with Gasteiger partial charge in [0.25, 0.3) is 0 Å². The van der Waals surface area contributed by atoms with Crippen LogP contribution < -0.4 is 5.32 Å². The highest BCUT2D eigenvalue weighted by Crippen LogP contribution is 2.47. The molecule has 1 fully saturated rings. The summed E-state index contributed by atoms with van der Waals surface area (Å²) in [4.78, 5) is 25.2. The number of methoxy groups -OCH3 is 1. The van der Waals surface area contributed by atoms with Gasteiger partial charge in [-0.1, -0.05) is 49.6 Å². The number of esters is 1. The third-order valence-electron chi connectivity index (χ3n) is 4.68. The van der Waals surface area contributed by atoms with E-state index >= 15 is 0 Å². The molecule has 1 aliphatic carbocycles. The van der Waals surface area contributed by atoms with Gasteiger partial charge in [-0.15, -0.1) is 0 Å². The molecule has 1 aromatic rings. The van der Waals surface area contributed by atoms with E-state index in [1.54, 1.807) is 0 Å². The van der Waals surface area contributed by atoms with Crippen molar-refractivity contribution >= 4 is 12.1 Å². The largest absolute Gasteiger partial charge is 0.469 e. The SMILES string of the molecule is COC(=O)C1(C(NC(=O)OC(C)(C)C)c2ccccc2)CCCCC1. The summed E-state index contributed by atoms with van der Waals surface area (Å²) in [7, 11) is 1.41. The lowest BCUT2D eigenvalue weighted by molar-refractivity contribution is -0.157. The fraction of sp³-hybridized carbons (Fsp3) is 0.600. The average Bonchev–Trinajstić information content (AvgIpc) is 2.58. The Labute approximate surface area is 150 Å². The molecule has 0 aromatic heterocycles. The van der Waals surface area contributed by atoms with Crippen molar-refractivity contribution < 1.29 is 19.1 Å². The molecule has 1 unspecified atom stereocenters. The topological polar surface area (TPSA) is 64.6 Å². The Morgan fingerprint density at radius 3 is 2.20 bits per heavy atom. The third kappa shape index (κ3) is 4.74. The molecule has 1 saturated carbocycles. The normalized spacial score (nSPS) is 18.1. The monoisotopic (exact) mass is 347 g/mol. The van der Waals surface area contributed by atoms with Crippen molar-refractivity contribution in [2.45, 2.75) is 64.5 Å². The minimum absolute atomic E-state index is 0.267. The van der Waals surface area contributed by atoms with Crippen LogP contribution in [0.1, 0.15) is 64.5 Å². The first-order valence-electron chi connectivity index (χ1n) is 8.91. The molecule has 5 heteroatoms. The molecule has 1 aliphatic rings. The summed E-state index contributed by atoms with van der Waals surface area (Å²) in [6.07, 6.45) is 3.83. The van der Waals surface area contributed by atoms with Crippen LogP contribution in [0.4, 0.5) is 4.79 Å². The van der Waals surface area contributed by atoms with E-state index in [2.05, 4.69) is 5.32 Å². The summed E-state index contributed by atoms with van der Waals surface area (Å²) in [5.41, 5.74) is -0.470. The van der Waals surface area contributed by atoms with Crippen molar-refractivity contribution in [2.75, 3.05) is 7.11 Å². The molecule has 0 radical (unpaired) electrons. The molecule has 5 nitrogen and oxygen atoms in total. The zero-order valence-corrected chi connectivity index (χ0v) is 15.6. The highest BCUT2D eigenvalue weighted by atomic mass is 16.6. The number of amides is 1. The maximum atomic E-state index is 12.8. The molecular weight excluding hydrogens is 318 g/mol. The van der Waals surface area contributed by atoms with Gasteiger partial charge in [0.15, 0.2) is 0 Å². The van der Waals surface area contributed by atoms with E-state index in [1.165, 1.54) is 7.11 Å². The Kier molecular flexibility index (Phi) is 6.09. The second kappa shape index (κ2) is 7.89. The predicted octanol–water partition coefficient (Wildman–Crippen LogP) is 4.38. The standard InChI is InChI=1S/C20H29NO4/c1-19(2,3)25-18(23)21-16(15-11-7-5-8-12-15)20(17(22)24-4)13-9-6-10-14-20/h5,7-8,11-12,16H,6,9-10,13-14H2,1-4H3,(H,21,23). The predicted molar refractivity (Wildman–Crippen MR) is 96.1 cm³/mol. The van der Waals surface area contributed by atoms with Crippen molar-refractivity contribution in [1.29, 1.82) is 0 Å². The molecule has 0 saturated heterocycles. The lowest BCUT2D eigenvalue weighted by Crippen LogP contribution is -2.48. The fourth-order valence-corrected chi connectivity index (χ4v) is 3.61. The van der Waals surface area contributed by atoms with Gasteiger partial charge in [0.2, 0.25) is 0 Å². The second-order valence-corrected chi connectivity index (χ2v) is 7.70. The van der Waals surface area contributed by atoms with Gasteiger partial charge in [0.05, 0.1) is 18.6 Å². The van der Waals surface area contributed by atoms with Gasteiger partial charge >= 0.3 is 12.1 Å². The van der Waals surface area contributed by atoms with Crippen LogP contribution >= 0.6 is 0 Å². The van der Waals surface area contributed by atoms with Gasteiger partial charge in [0.1, 0.15) is 5.60 Å². The summed E-state index contributed by atoms with van der Waals surface area (Å²) in [5, 5.41) is 2.95. The van der Waals surface area contributed by atoms with Crippen molar-refractivity contribution in [2.24, 2.45) is 5.41 Å². The van der Waals surface area contributed by atoms with Crippen LogP contribution in [-0.4, -0.2) is 24.8 Å². The maximum absolute atomic E-state index is 12.8. The quantitative estimate of drug-likeness (QED) is 0.821. The molecule has 1 N–H and O–H groups in total. The van der Waals surface area contributed by atoms with E-state index < -0.39 is 23.2 Å². The number of hydrogen-bond acceptors (Lipinski definition) is 4.